The number of hydrogen-bond acceptors (Lipinski definition) is 5. The van der Waals surface area contributed by atoms with Crippen LogP contribution in [0.4, 0.5) is 5.69 Å². The van der Waals surface area contributed by atoms with Crippen molar-refractivity contribution in [2.45, 2.75) is 31.6 Å². The fraction of sp³-hybridized carbons (Fsp3) is 0.217. The minimum absolute atomic E-state index is 0.127. The van der Waals surface area contributed by atoms with Gasteiger partial charge in [0.05, 0.1) is 22.4 Å². The summed E-state index contributed by atoms with van der Waals surface area (Å²) in [4.78, 5) is 25.1. The molecule has 1 aromatic heterocycles. The van der Waals surface area contributed by atoms with Crippen LogP contribution in [0.15, 0.2) is 60.3 Å². The van der Waals surface area contributed by atoms with Crippen LogP contribution in [0, 0.1) is 6.92 Å². The average molecular weight is 504 g/mol. The van der Waals surface area contributed by atoms with Gasteiger partial charge >= 0.3 is 0 Å². The summed E-state index contributed by atoms with van der Waals surface area (Å²) >= 11 is 13.5. The van der Waals surface area contributed by atoms with Gasteiger partial charge in [-0.2, -0.15) is 0 Å². The number of allylic oxidation sites excluding steroid dienone is 1. The number of nitrogens with zero attached hydrogens (tertiary/aromatic N) is 3. The molecule has 1 atom stereocenters. The summed E-state index contributed by atoms with van der Waals surface area (Å²) in [6.07, 6.45) is 1.70. The summed E-state index contributed by atoms with van der Waals surface area (Å²) in [5.41, 5.74) is 1.85. The number of nitrogens with one attached hydrogen (secondary N) is 2. The first-order valence-corrected chi connectivity index (χ1v) is 11.8. The summed E-state index contributed by atoms with van der Waals surface area (Å²) in [5.74, 6) is 0.164. The smallest absolute Gasteiger partial charge is 0.253 e. The van der Waals surface area contributed by atoms with Crippen LogP contribution < -0.4 is 10.6 Å². The molecule has 3 rings (SSSR count). The minimum atomic E-state index is -0.446. The zero-order chi connectivity index (χ0) is 24.0. The lowest BCUT2D eigenvalue weighted by molar-refractivity contribution is -0.113. The zero-order valence-corrected chi connectivity index (χ0v) is 20.5. The molecule has 33 heavy (non-hydrogen) atoms. The third kappa shape index (κ3) is 6.16. The Kier molecular flexibility index (Phi) is 8.55. The van der Waals surface area contributed by atoms with Crippen molar-refractivity contribution in [2.75, 3.05) is 11.1 Å². The Bertz CT molecular complexity index is 1180. The molecule has 1 heterocycles. The van der Waals surface area contributed by atoms with E-state index in [-0.39, 0.29) is 17.6 Å². The lowest BCUT2D eigenvalue weighted by Crippen LogP contribution is -2.29. The molecule has 0 aliphatic carbocycles. The maximum atomic E-state index is 12.6. The largest absolute Gasteiger partial charge is 0.342 e. The van der Waals surface area contributed by atoms with E-state index in [1.165, 1.54) is 11.8 Å². The molecule has 10 heteroatoms. The van der Waals surface area contributed by atoms with E-state index >= 15 is 0 Å². The molecule has 0 bridgehead atoms. The van der Waals surface area contributed by atoms with Gasteiger partial charge in [-0.25, -0.2) is 0 Å². The van der Waals surface area contributed by atoms with Gasteiger partial charge in [0.2, 0.25) is 5.91 Å². The molecule has 0 saturated heterocycles. The lowest BCUT2D eigenvalue weighted by atomic mass is 10.2. The highest BCUT2D eigenvalue weighted by molar-refractivity contribution is 7.99. The second-order valence-corrected chi connectivity index (χ2v) is 8.92. The predicted octanol–water partition coefficient (Wildman–Crippen LogP) is 5.30. The summed E-state index contributed by atoms with van der Waals surface area (Å²) in [6.45, 7) is 7.86. The number of carbonyl (C=O) groups is 2. The Balaban J connectivity index is 1.69. The number of amides is 2. The quantitative estimate of drug-likeness (QED) is 0.305. The molecule has 7 nitrogen and oxygen atoms in total. The number of anilines is 1. The molecule has 3 aromatic rings. The van der Waals surface area contributed by atoms with E-state index in [1.54, 1.807) is 55.5 Å². The third-order valence-corrected chi connectivity index (χ3v) is 6.49. The lowest BCUT2D eigenvalue weighted by Gasteiger charge is -2.15. The van der Waals surface area contributed by atoms with Crippen LogP contribution >= 0.6 is 35.0 Å². The van der Waals surface area contributed by atoms with Crippen molar-refractivity contribution in [1.82, 2.24) is 20.1 Å². The highest BCUT2D eigenvalue weighted by Gasteiger charge is 2.21. The fourth-order valence-corrected chi connectivity index (χ4v) is 4.22. The first-order chi connectivity index (χ1) is 15.8. The molecule has 0 aliphatic heterocycles. The van der Waals surface area contributed by atoms with Crippen molar-refractivity contribution in [3.05, 3.63) is 82.1 Å². The maximum absolute atomic E-state index is 12.6. The molecular weight excluding hydrogens is 481 g/mol. The fourth-order valence-electron chi connectivity index (χ4n) is 3.07. The predicted molar refractivity (Wildman–Crippen MR) is 133 cm³/mol. The van der Waals surface area contributed by atoms with E-state index in [1.807, 2.05) is 11.5 Å². The minimum Gasteiger partial charge on any atom is -0.342 e. The van der Waals surface area contributed by atoms with E-state index < -0.39 is 6.04 Å². The van der Waals surface area contributed by atoms with Crippen molar-refractivity contribution < 1.29 is 9.59 Å². The molecular formula is C23H23Cl2N5O2S. The summed E-state index contributed by atoms with van der Waals surface area (Å²) < 4.78 is 1.81. The zero-order valence-electron chi connectivity index (χ0n) is 18.1. The number of rotatable bonds is 9. The van der Waals surface area contributed by atoms with Gasteiger partial charge in [-0.3, -0.25) is 9.59 Å². The van der Waals surface area contributed by atoms with E-state index in [9.17, 15) is 9.59 Å². The topological polar surface area (TPSA) is 88.9 Å². The third-order valence-electron chi connectivity index (χ3n) is 4.78. The molecule has 2 amide bonds. The van der Waals surface area contributed by atoms with Crippen molar-refractivity contribution in [3.8, 4) is 0 Å². The molecule has 0 spiro atoms. The average Bonchev–Trinajstić information content (AvgIpc) is 3.18. The number of benzene rings is 2. The SMILES string of the molecule is C=CCn1c(SCC(=O)Nc2cccc(Cl)c2C)nnc1[C@H](C)NC(=O)c1ccccc1Cl. The van der Waals surface area contributed by atoms with Gasteiger partial charge in [0, 0.05) is 17.3 Å². The van der Waals surface area contributed by atoms with Crippen LogP contribution in [0.2, 0.25) is 10.0 Å². The molecule has 0 aliphatic rings. The first-order valence-electron chi connectivity index (χ1n) is 10.1. The Morgan fingerprint density at radius 2 is 1.88 bits per heavy atom. The number of halogens is 2. The van der Waals surface area contributed by atoms with Crippen LogP contribution in [-0.2, 0) is 11.3 Å². The monoisotopic (exact) mass is 503 g/mol. The molecule has 0 saturated carbocycles. The van der Waals surface area contributed by atoms with Crippen LogP contribution in [0.1, 0.15) is 34.7 Å². The summed E-state index contributed by atoms with van der Waals surface area (Å²) in [7, 11) is 0. The van der Waals surface area contributed by atoms with Crippen LogP contribution in [0.3, 0.4) is 0 Å². The van der Waals surface area contributed by atoms with E-state index in [0.29, 0.717) is 38.8 Å². The standard InChI is InChI=1S/C23H23Cl2N5O2S/c1-4-12-30-21(15(3)26-22(32)16-8-5-6-9-18(16)25)28-29-23(30)33-13-20(31)27-19-11-7-10-17(24)14(19)2/h4-11,15H,1,12-13H2,2-3H3,(H,26,32)(H,27,31)/t15-/m0/s1. The van der Waals surface area contributed by atoms with Crippen LogP contribution in [0.25, 0.3) is 0 Å². The van der Waals surface area contributed by atoms with Crippen molar-refractivity contribution in [2.24, 2.45) is 0 Å². The number of aromatic nitrogens is 3. The van der Waals surface area contributed by atoms with Gasteiger partial charge in [-0.05, 0) is 43.7 Å². The van der Waals surface area contributed by atoms with E-state index in [0.717, 1.165) is 5.56 Å². The second-order valence-electron chi connectivity index (χ2n) is 7.16. The van der Waals surface area contributed by atoms with Gasteiger partial charge in [0.15, 0.2) is 11.0 Å². The Labute approximate surface area is 206 Å². The molecule has 0 fully saturated rings. The normalized spacial score (nSPS) is 11.6. The van der Waals surface area contributed by atoms with E-state index in [4.69, 9.17) is 23.2 Å². The maximum Gasteiger partial charge on any atom is 0.253 e. The number of carbonyl (C=O) groups excluding carboxylic acids is 2. The van der Waals surface area contributed by atoms with Gasteiger partial charge in [0.25, 0.3) is 5.91 Å². The van der Waals surface area contributed by atoms with Crippen molar-refractivity contribution in [3.63, 3.8) is 0 Å². The molecule has 172 valence electrons. The van der Waals surface area contributed by atoms with Crippen LogP contribution in [0.5, 0.6) is 0 Å². The van der Waals surface area contributed by atoms with Gasteiger partial charge < -0.3 is 15.2 Å². The van der Waals surface area contributed by atoms with Crippen molar-refractivity contribution >= 4 is 52.5 Å². The number of thioether (sulfide) groups is 1. The second kappa shape index (κ2) is 11.4. The summed E-state index contributed by atoms with van der Waals surface area (Å²) in [5, 5.41) is 15.7. The Hall–Kier alpha value is -2.81. The summed E-state index contributed by atoms with van der Waals surface area (Å²) in [6, 6.07) is 11.7. The highest BCUT2D eigenvalue weighted by atomic mass is 35.5. The highest BCUT2D eigenvalue weighted by Crippen LogP contribution is 2.25. The Morgan fingerprint density at radius 3 is 2.61 bits per heavy atom. The molecule has 0 unspecified atom stereocenters. The van der Waals surface area contributed by atoms with Gasteiger partial charge in [-0.15, -0.1) is 16.8 Å². The Morgan fingerprint density at radius 1 is 1.15 bits per heavy atom. The van der Waals surface area contributed by atoms with Gasteiger partial charge in [0.1, 0.15) is 0 Å². The molecule has 0 radical (unpaired) electrons. The first kappa shape index (κ1) is 24.8. The van der Waals surface area contributed by atoms with Crippen molar-refractivity contribution in [1.29, 1.82) is 0 Å². The van der Waals surface area contributed by atoms with Crippen LogP contribution in [-0.4, -0.2) is 32.3 Å². The number of hydrogen-bond donors (Lipinski definition) is 2. The molecule has 2 aromatic carbocycles. The van der Waals surface area contributed by atoms with E-state index in [2.05, 4.69) is 27.4 Å². The van der Waals surface area contributed by atoms with Gasteiger partial charge in [-0.1, -0.05) is 59.2 Å². The molecule has 2 N–H and O–H groups in total.